The van der Waals surface area contributed by atoms with E-state index < -0.39 is 34.9 Å². The Kier molecular flexibility index (Phi) is 5.00. The molecule has 10 heteroatoms. The molecule has 5 nitrogen and oxygen atoms in total. The molecule has 1 fully saturated rings. The number of halogens is 5. The first-order chi connectivity index (χ1) is 14.4. The summed E-state index contributed by atoms with van der Waals surface area (Å²) in [6.07, 6.45) is -3.32. The van der Waals surface area contributed by atoms with Gasteiger partial charge in [-0.05, 0) is 56.0 Å². The fraction of sp³-hybridized carbons (Fsp3) is 0.333. The Morgan fingerprint density at radius 3 is 2.39 bits per heavy atom. The summed E-state index contributed by atoms with van der Waals surface area (Å²) in [4.78, 5) is 16.7. The van der Waals surface area contributed by atoms with Gasteiger partial charge in [0.1, 0.15) is 11.6 Å². The number of rotatable bonds is 5. The lowest BCUT2D eigenvalue weighted by Crippen LogP contribution is -2.33. The number of nitrogens with one attached hydrogen (secondary N) is 1. The predicted molar refractivity (Wildman–Crippen MR) is 103 cm³/mol. The molecule has 1 aromatic heterocycles. The van der Waals surface area contributed by atoms with Gasteiger partial charge in [0.2, 0.25) is 11.9 Å². The van der Waals surface area contributed by atoms with Gasteiger partial charge in [0, 0.05) is 6.07 Å². The molecule has 1 saturated carbocycles. The lowest BCUT2D eigenvalue weighted by Gasteiger charge is -2.22. The highest BCUT2D eigenvalue weighted by Gasteiger charge is 2.41. The molecule has 0 saturated heterocycles. The zero-order valence-corrected chi connectivity index (χ0v) is 16.3. The molecule has 31 heavy (non-hydrogen) atoms. The van der Waals surface area contributed by atoms with E-state index in [2.05, 4.69) is 10.3 Å². The highest BCUT2D eigenvalue weighted by atomic mass is 19.4. The Morgan fingerprint density at radius 1 is 1.16 bits per heavy atom. The normalized spacial score (nSPS) is 16.4. The lowest BCUT2D eigenvalue weighted by molar-refractivity contribution is -0.137. The van der Waals surface area contributed by atoms with Crippen molar-refractivity contribution >= 4 is 22.9 Å². The molecule has 1 aliphatic carbocycles. The summed E-state index contributed by atoms with van der Waals surface area (Å²) in [5.74, 6) is -2.74. The molecular formula is C21H18F5N3O2. The first-order valence-electron chi connectivity index (χ1n) is 9.52. The molecule has 0 radical (unpaired) electrons. The van der Waals surface area contributed by atoms with Crippen LogP contribution in [0.4, 0.5) is 27.9 Å². The number of nitrogens with zero attached hydrogens (tertiary/aromatic N) is 2. The number of carbonyl (C=O) groups excluding carboxylic acids is 1. The van der Waals surface area contributed by atoms with Crippen LogP contribution in [0.25, 0.3) is 16.7 Å². The molecule has 3 aromatic rings. The van der Waals surface area contributed by atoms with Gasteiger partial charge in [-0.1, -0.05) is 0 Å². The molecule has 0 unspecified atom stereocenters. The number of alkyl halides is 3. The van der Waals surface area contributed by atoms with E-state index in [0.29, 0.717) is 6.07 Å². The second kappa shape index (κ2) is 7.30. The van der Waals surface area contributed by atoms with Crippen LogP contribution in [0.3, 0.4) is 0 Å². The molecule has 164 valence electrons. The lowest BCUT2D eigenvalue weighted by atomic mass is 9.96. The van der Waals surface area contributed by atoms with Crippen LogP contribution in [-0.4, -0.2) is 26.2 Å². The minimum absolute atomic E-state index is 0.0104. The van der Waals surface area contributed by atoms with Crippen molar-refractivity contribution in [1.29, 1.82) is 0 Å². The topological polar surface area (TPSA) is 67.2 Å². The first-order valence-corrected chi connectivity index (χ1v) is 9.52. The van der Waals surface area contributed by atoms with Gasteiger partial charge < -0.3 is 5.11 Å². The van der Waals surface area contributed by atoms with Crippen LogP contribution in [0, 0.1) is 17.6 Å². The summed E-state index contributed by atoms with van der Waals surface area (Å²) in [6, 6.07) is 5.19. The number of hydrogen-bond donors (Lipinski definition) is 2. The van der Waals surface area contributed by atoms with Gasteiger partial charge in [0.05, 0.1) is 34.3 Å². The van der Waals surface area contributed by atoms with E-state index in [-0.39, 0.29) is 35.0 Å². The van der Waals surface area contributed by atoms with E-state index in [9.17, 15) is 31.9 Å². The number of benzene rings is 2. The Balaban J connectivity index is 1.81. The Bertz CT molecular complexity index is 1150. The van der Waals surface area contributed by atoms with Crippen LogP contribution >= 0.6 is 0 Å². The molecule has 0 aliphatic heterocycles. The van der Waals surface area contributed by atoms with E-state index in [0.717, 1.165) is 47.7 Å². The minimum atomic E-state index is -4.65. The van der Waals surface area contributed by atoms with Crippen LogP contribution in [0.5, 0.6) is 0 Å². The molecule has 1 aliphatic rings. The van der Waals surface area contributed by atoms with Crippen molar-refractivity contribution in [3.63, 3.8) is 0 Å². The Labute approximate surface area is 173 Å². The van der Waals surface area contributed by atoms with Gasteiger partial charge >= 0.3 is 6.18 Å². The van der Waals surface area contributed by atoms with Gasteiger partial charge in [0.15, 0.2) is 0 Å². The molecule has 0 bridgehead atoms. The largest absolute Gasteiger partial charge is 0.416 e. The molecule has 2 aromatic carbocycles. The molecule has 4 rings (SSSR count). The monoisotopic (exact) mass is 439 g/mol. The van der Waals surface area contributed by atoms with Crippen LogP contribution in [0.1, 0.15) is 31.7 Å². The van der Waals surface area contributed by atoms with Gasteiger partial charge in [-0.25, -0.2) is 13.8 Å². The summed E-state index contributed by atoms with van der Waals surface area (Å²) in [5.41, 5.74) is -2.38. The number of hydrogen-bond acceptors (Lipinski definition) is 3. The zero-order valence-electron chi connectivity index (χ0n) is 16.3. The van der Waals surface area contributed by atoms with Crippen molar-refractivity contribution < 1.29 is 31.9 Å². The van der Waals surface area contributed by atoms with E-state index >= 15 is 0 Å². The van der Waals surface area contributed by atoms with E-state index in [1.54, 1.807) is 0 Å². The maximum absolute atomic E-state index is 13.8. The smallest absolute Gasteiger partial charge is 0.389 e. The van der Waals surface area contributed by atoms with Gasteiger partial charge in [-0.3, -0.25) is 14.7 Å². The molecule has 1 heterocycles. The standard InChI is InChI=1S/C21H18F5N3O2/c1-20(31,11-2-3-11)10-18(30)28-19-27-16-5-4-12(21(24,25)26)6-17(16)29(19)15-8-13(22)7-14(23)9-15/h4-9,11,31H,2-3,10H2,1H3,(H,27,28,30)/t20-/m1/s1. The number of amides is 1. The third-order valence-corrected chi connectivity index (χ3v) is 5.31. The summed E-state index contributed by atoms with van der Waals surface area (Å²) in [6.45, 7) is 1.53. The number of anilines is 1. The third kappa shape index (κ3) is 4.39. The van der Waals surface area contributed by atoms with Crippen LogP contribution < -0.4 is 5.32 Å². The third-order valence-electron chi connectivity index (χ3n) is 5.31. The number of imidazole rings is 1. The second-order valence-electron chi connectivity index (χ2n) is 7.96. The average molecular weight is 439 g/mol. The number of carbonyl (C=O) groups is 1. The van der Waals surface area contributed by atoms with E-state index in [1.807, 2.05) is 0 Å². The SMILES string of the molecule is C[C@@](O)(CC(=O)Nc1nc2ccc(C(F)(F)F)cc2n1-c1cc(F)cc(F)c1)C1CC1. The van der Waals surface area contributed by atoms with Gasteiger partial charge in [-0.2, -0.15) is 13.2 Å². The number of aliphatic hydroxyl groups is 1. The number of aromatic nitrogens is 2. The fourth-order valence-corrected chi connectivity index (χ4v) is 3.61. The van der Waals surface area contributed by atoms with Crippen LogP contribution in [0.15, 0.2) is 36.4 Å². The van der Waals surface area contributed by atoms with Gasteiger partial charge in [-0.15, -0.1) is 0 Å². The molecule has 1 atom stereocenters. The summed E-state index contributed by atoms with van der Waals surface area (Å²) < 4.78 is 68.3. The maximum Gasteiger partial charge on any atom is 0.416 e. The zero-order chi connectivity index (χ0) is 22.6. The van der Waals surface area contributed by atoms with E-state index in [1.165, 1.54) is 6.92 Å². The van der Waals surface area contributed by atoms with Crippen molar-refractivity contribution in [2.24, 2.45) is 5.92 Å². The van der Waals surface area contributed by atoms with Crippen molar-refractivity contribution in [2.45, 2.75) is 38.0 Å². The summed E-state index contributed by atoms with van der Waals surface area (Å²) in [5, 5.41) is 12.9. The Hall–Kier alpha value is -3.01. The highest BCUT2D eigenvalue weighted by molar-refractivity contribution is 5.93. The summed E-state index contributed by atoms with van der Waals surface area (Å²) in [7, 11) is 0. The minimum Gasteiger partial charge on any atom is -0.389 e. The average Bonchev–Trinajstić information content (AvgIpc) is 3.42. The van der Waals surface area contributed by atoms with E-state index in [4.69, 9.17) is 0 Å². The quantitative estimate of drug-likeness (QED) is 0.561. The van der Waals surface area contributed by atoms with Crippen LogP contribution in [0.2, 0.25) is 0 Å². The molecule has 0 spiro atoms. The molecular weight excluding hydrogens is 421 g/mol. The Morgan fingerprint density at radius 2 is 1.81 bits per heavy atom. The van der Waals surface area contributed by atoms with Crippen molar-refractivity contribution in [3.05, 3.63) is 53.6 Å². The second-order valence-corrected chi connectivity index (χ2v) is 7.96. The van der Waals surface area contributed by atoms with Crippen molar-refractivity contribution in [3.8, 4) is 5.69 Å². The van der Waals surface area contributed by atoms with Crippen molar-refractivity contribution in [2.75, 3.05) is 5.32 Å². The molecule has 1 amide bonds. The van der Waals surface area contributed by atoms with Crippen LogP contribution in [-0.2, 0) is 11.0 Å². The first kappa shape index (κ1) is 21.2. The summed E-state index contributed by atoms with van der Waals surface area (Å²) >= 11 is 0. The number of fused-ring (bicyclic) bond motifs is 1. The fourth-order valence-electron chi connectivity index (χ4n) is 3.61. The molecule has 2 N–H and O–H groups in total. The van der Waals surface area contributed by atoms with Crippen molar-refractivity contribution in [1.82, 2.24) is 9.55 Å². The highest BCUT2D eigenvalue weighted by Crippen LogP contribution is 2.41. The maximum atomic E-state index is 13.8. The predicted octanol–water partition coefficient (Wildman–Crippen LogP) is 4.81. The van der Waals surface area contributed by atoms with Gasteiger partial charge in [0.25, 0.3) is 0 Å².